The minimum absolute atomic E-state index is 0.273. The summed E-state index contributed by atoms with van der Waals surface area (Å²) in [6.07, 6.45) is 6.44. The van der Waals surface area contributed by atoms with Gasteiger partial charge in [0.2, 0.25) is 0 Å². The average Bonchev–Trinajstić information content (AvgIpc) is 3.12. The molecule has 1 aliphatic carbocycles. The van der Waals surface area contributed by atoms with Gasteiger partial charge >= 0.3 is 0 Å². The first-order valence-electron chi connectivity index (χ1n) is 9.68. The highest BCUT2D eigenvalue weighted by Crippen LogP contribution is 2.35. The van der Waals surface area contributed by atoms with Gasteiger partial charge < -0.3 is 9.73 Å². The summed E-state index contributed by atoms with van der Waals surface area (Å²) in [5, 5.41) is 13.6. The van der Waals surface area contributed by atoms with Gasteiger partial charge in [-0.15, -0.1) is 0 Å². The molecule has 1 N–H and O–H groups in total. The summed E-state index contributed by atoms with van der Waals surface area (Å²) in [5.74, 6) is 0.861. The topological polar surface area (TPSA) is 66.0 Å². The largest absolute Gasteiger partial charge is 0.451 e. The highest BCUT2D eigenvalue weighted by molar-refractivity contribution is 7.99. The van der Waals surface area contributed by atoms with Gasteiger partial charge in [-0.1, -0.05) is 43.5 Å². The van der Waals surface area contributed by atoms with Gasteiger partial charge in [-0.25, -0.2) is 0 Å². The zero-order valence-electron chi connectivity index (χ0n) is 15.6. The Hall–Kier alpha value is -2.71. The molecule has 0 bridgehead atoms. The predicted molar refractivity (Wildman–Crippen MR) is 113 cm³/mol. The molecule has 28 heavy (non-hydrogen) atoms. The van der Waals surface area contributed by atoms with Gasteiger partial charge in [0.05, 0.1) is 11.6 Å². The fourth-order valence-electron chi connectivity index (χ4n) is 3.71. The minimum Gasteiger partial charge on any atom is -0.451 e. The second kappa shape index (κ2) is 8.53. The number of carbonyl (C=O) groups excluding carboxylic acids is 1. The first-order valence-corrected chi connectivity index (χ1v) is 10.7. The van der Waals surface area contributed by atoms with E-state index >= 15 is 0 Å². The number of rotatable bonds is 5. The van der Waals surface area contributed by atoms with Crippen molar-refractivity contribution < 1.29 is 9.21 Å². The van der Waals surface area contributed by atoms with E-state index < -0.39 is 0 Å². The van der Waals surface area contributed by atoms with E-state index in [-0.39, 0.29) is 5.91 Å². The average molecular weight is 391 g/mol. The lowest BCUT2D eigenvalue weighted by Crippen LogP contribution is -2.13. The number of benzene rings is 2. The standard InChI is InChI=1S/C23H22N2O2S/c24-14-16-7-6-8-17(13-16)25-23(26)22-20(15-28-18-9-2-1-3-10-18)19-11-4-5-12-21(19)27-22/h4-8,11-13,18H,1-3,9-10,15H2,(H,25,26). The molecule has 0 aliphatic heterocycles. The molecule has 142 valence electrons. The van der Waals surface area contributed by atoms with Crippen LogP contribution in [0.15, 0.2) is 52.9 Å². The number of furan rings is 1. The molecule has 4 nitrogen and oxygen atoms in total. The molecule has 3 aromatic rings. The van der Waals surface area contributed by atoms with Gasteiger partial charge in [-0.3, -0.25) is 4.79 Å². The van der Waals surface area contributed by atoms with E-state index in [0.717, 1.165) is 22.3 Å². The van der Waals surface area contributed by atoms with Gasteiger partial charge in [-0.05, 0) is 37.1 Å². The Morgan fingerprint density at radius 3 is 2.79 bits per heavy atom. The van der Waals surface area contributed by atoms with Crippen LogP contribution in [0.25, 0.3) is 11.0 Å². The van der Waals surface area contributed by atoms with Crippen molar-refractivity contribution in [3.8, 4) is 6.07 Å². The Kier molecular flexibility index (Phi) is 5.68. The summed E-state index contributed by atoms with van der Waals surface area (Å²) in [4.78, 5) is 13.0. The smallest absolute Gasteiger partial charge is 0.291 e. The number of nitrogens with zero attached hydrogens (tertiary/aromatic N) is 1. The van der Waals surface area contributed by atoms with E-state index in [0.29, 0.717) is 22.3 Å². The number of thioether (sulfide) groups is 1. The summed E-state index contributed by atoms with van der Waals surface area (Å²) < 4.78 is 5.94. The van der Waals surface area contributed by atoms with E-state index in [1.54, 1.807) is 24.3 Å². The van der Waals surface area contributed by atoms with Crippen LogP contribution >= 0.6 is 11.8 Å². The van der Waals surface area contributed by atoms with Crippen LogP contribution in [0.3, 0.4) is 0 Å². The first-order chi connectivity index (χ1) is 13.7. The van der Waals surface area contributed by atoms with E-state index in [1.165, 1.54) is 32.1 Å². The Morgan fingerprint density at radius 2 is 1.96 bits per heavy atom. The van der Waals surface area contributed by atoms with Crippen molar-refractivity contribution in [3.63, 3.8) is 0 Å². The number of hydrogen-bond acceptors (Lipinski definition) is 4. The van der Waals surface area contributed by atoms with Crippen LogP contribution in [-0.4, -0.2) is 11.2 Å². The van der Waals surface area contributed by atoms with E-state index in [2.05, 4.69) is 11.4 Å². The zero-order valence-corrected chi connectivity index (χ0v) is 16.4. The fraction of sp³-hybridized carbons (Fsp3) is 0.304. The summed E-state index contributed by atoms with van der Waals surface area (Å²) in [6.45, 7) is 0. The van der Waals surface area contributed by atoms with E-state index in [4.69, 9.17) is 9.68 Å². The lowest BCUT2D eigenvalue weighted by molar-refractivity contribution is 0.0998. The molecule has 1 heterocycles. The fourth-order valence-corrected chi connectivity index (χ4v) is 5.07. The molecule has 0 atom stereocenters. The maximum atomic E-state index is 13.0. The quantitative estimate of drug-likeness (QED) is 0.570. The number of carbonyl (C=O) groups is 1. The Morgan fingerprint density at radius 1 is 1.14 bits per heavy atom. The predicted octanol–water partition coefficient (Wildman–Crippen LogP) is 6.12. The molecular formula is C23H22N2O2S. The molecule has 0 unspecified atom stereocenters. The van der Waals surface area contributed by atoms with Gasteiger partial charge in [0.25, 0.3) is 5.91 Å². The number of nitriles is 1. The van der Waals surface area contributed by atoms with Gasteiger partial charge in [0.15, 0.2) is 5.76 Å². The van der Waals surface area contributed by atoms with Crippen LogP contribution in [0.1, 0.15) is 53.8 Å². The number of para-hydroxylation sites is 1. The van der Waals surface area contributed by atoms with Crippen LogP contribution in [0.4, 0.5) is 5.69 Å². The molecule has 1 saturated carbocycles. The molecule has 1 aliphatic rings. The Balaban J connectivity index is 1.59. The molecule has 4 rings (SSSR count). The first kappa shape index (κ1) is 18.6. The summed E-state index contributed by atoms with van der Waals surface area (Å²) in [7, 11) is 0. The summed E-state index contributed by atoms with van der Waals surface area (Å²) >= 11 is 1.93. The van der Waals surface area contributed by atoms with Crippen molar-refractivity contribution in [2.75, 3.05) is 5.32 Å². The van der Waals surface area contributed by atoms with Crippen LogP contribution in [0.2, 0.25) is 0 Å². The molecule has 0 spiro atoms. The number of fused-ring (bicyclic) bond motifs is 1. The molecule has 1 fully saturated rings. The van der Waals surface area contributed by atoms with Crippen molar-refractivity contribution in [1.82, 2.24) is 0 Å². The molecular weight excluding hydrogens is 368 g/mol. The Labute approximate surface area is 168 Å². The van der Waals surface area contributed by atoms with Crippen LogP contribution < -0.4 is 5.32 Å². The van der Waals surface area contributed by atoms with Crippen molar-refractivity contribution in [2.45, 2.75) is 43.1 Å². The van der Waals surface area contributed by atoms with E-state index in [1.807, 2.05) is 36.0 Å². The number of anilines is 1. The van der Waals surface area contributed by atoms with Gasteiger partial charge in [-0.2, -0.15) is 17.0 Å². The van der Waals surface area contributed by atoms with E-state index in [9.17, 15) is 4.79 Å². The number of amides is 1. The zero-order chi connectivity index (χ0) is 19.3. The molecule has 1 aromatic heterocycles. The van der Waals surface area contributed by atoms with Crippen molar-refractivity contribution in [2.24, 2.45) is 0 Å². The third-order valence-corrected chi connectivity index (χ3v) is 6.57. The molecule has 0 saturated heterocycles. The van der Waals surface area contributed by atoms with Crippen LogP contribution in [0, 0.1) is 11.3 Å². The maximum Gasteiger partial charge on any atom is 0.291 e. The monoisotopic (exact) mass is 390 g/mol. The third kappa shape index (κ3) is 4.07. The van der Waals surface area contributed by atoms with Crippen LogP contribution in [-0.2, 0) is 5.75 Å². The maximum absolute atomic E-state index is 13.0. The number of hydrogen-bond donors (Lipinski definition) is 1. The van der Waals surface area contributed by atoms with Crippen molar-refractivity contribution in [3.05, 3.63) is 65.4 Å². The molecule has 5 heteroatoms. The summed E-state index contributed by atoms with van der Waals surface area (Å²) in [5.41, 5.74) is 2.80. The van der Waals surface area contributed by atoms with Gasteiger partial charge in [0, 0.05) is 27.6 Å². The Bertz CT molecular complexity index is 1030. The van der Waals surface area contributed by atoms with Gasteiger partial charge in [0.1, 0.15) is 5.58 Å². The summed E-state index contributed by atoms with van der Waals surface area (Å²) in [6, 6.07) is 16.8. The molecule has 1 amide bonds. The number of nitrogens with one attached hydrogen (secondary N) is 1. The molecule has 2 aromatic carbocycles. The highest BCUT2D eigenvalue weighted by atomic mass is 32.2. The normalized spacial score (nSPS) is 14.7. The lowest BCUT2D eigenvalue weighted by atomic mass is 10.0. The highest BCUT2D eigenvalue weighted by Gasteiger charge is 2.22. The second-order valence-electron chi connectivity index (χ2n) is 7.12. The lowest BCUT2D eigenvalue weighted by Gasteiger charge is -2.20. The SMILES string of the molecule is N#Cc1cccc(NC(=O)c2oc3ccccc3c2CSC2CCCCC2)c1. The minimum atomic E-state index is -0.273. The third-order valence-electron chi connectivity index (χ3n) is 5.17. The van der Waals surface area contributed by atoms with Crippen molar-refractivity contribution >= 4 is 34.3 Å². The molecule has 0 radical (unpaired) electrons. The second-order valence-corrected chi connectivity index (χ2v) is 8.41. The van der Waals surface area contributed by atoms with Crippen LogP contribution in [0.5, 0.6) is 0 Å². The van der Waals surface area contributed by atoms with Crippen molar-refractivity contribution in [1.29, 1.82) is 5.26 Å².